The molecule has 0 saturated heterocycles. The molecule has 1 aromatic heterocycles. The fourth-order valence-corrected chi connectivity index (χ4v) is 1.44. The van der Waals surface area contributed by atoms with Gasteiger partial charge in [0.25, 0.3) is 0 Å². The number of nitrogens with zero attached hydrogens (tertiary/aromatic N) is 1. The summed E-state index contributed by atoms with van der Waals surface area (Å²) in [5.41, 5.74) is 0.703. The molecule has 3 nitrogen and oxygen atoms in total. The molecule has 18 heavy (non-hydrogen) atoms. The van der Waals surface area contributed by atoms with Crippen molar-refractivity contribution in [2.24, 2.45) is 0 Å². The van der Waals surface area contributed by atoms with Crippen molar-refractivity contribution in [1.82, 2.24) is 4.98 Å². The summed E-state index contributed by atoms with van der Waals surface area (Å²) in [4.78, 5) is 14.2. The minimum Gasteiger partial charge on any atom is -0.489 e. The van der Waals surface area contributed by atoms with Crippen molar-refractivity contribution in [2.45, 2.75) is 6.61 Å². The van der Waals surface area contributed by atoms with Crippen molar-refractivity contribution in [2.75, 3.05) is 0 Å². The third kappa shape index (κ3) is 3.10. The van der Waals surface area contributed by atoms with Crippen LogP contribution in [-0.4, -0.2) is 11.3 Å². The zero-order valence-corrected chi connectivity index (χ0v) is 9.27. The fraction of sp³-hybridized carbons (Fsp3) is 0.0769. The van der Waals surface area contributed by atoms with Crippen LogP contribution in [0.3, 0.4) is 0 Å². The van der Waals surface area contributed by atoms with Crippen LogP contribution in [0, 0.1) is 11.6 Å². The van der Waals surface area contributed by atoms with Gasteiger partial charge in [0.15, 0.2) is 0 Å². The van der Waals surface area contributed by atoms with Gasteiger partial charge in [-0.05, 0) is 18.2 Å². The van der Waals surface area contributed by atoms with Crippen molar-refractivity contribution in [3.63, 3.8) is 0 Å². The van der Waals surface area contributed by atoms with E-state index in [1.54, 1.807) is 0 Å². The first kappa shape index (κ1) is 12.2. The Morgan fingerprint density at radius 2 is 1.94 bits per heavy atom. The third-order valence-corrected chi connectivity index (χ3v) is 2.20. The van der Waals surface area contributed by atoms with E-state index in [4.69, 9.17) is 4.74 Å². The summed E-state index contributed by atoms with van der Waals surface area (Å²) in [6.07, 6.45) is 3.05. The second kappa shape index (κ2) is 5.35. The van der Waals surface area contributed by atoms with Crippen LogP contribution >= 0.6 is 0 Å². The second-order valence-electron chi connectivity index (χ2n) is 3.64. The van der Waals surface area contributed by atoms with Gasteiger partial charge in [0.1, 0.15) is 30.3 Å². The highest BCUT2D eigenvalue weighted by atomic mass is 19.1. The monoisotopic (exact) mass is 249 g/mol. The number of pyridine rings is 1. The topological polar surface area (TPSA) is 39.2 Å². The molecule has 92 valence electrons. The second-order valence-corrected chi connectivity index (χ2v) is 3.64. The molecule has 5 heteroatoms. The lowest BCUT2D eigenvalue weighted by Crippen LogP contribution is -1.98. The van der Waals surface area contributed by atoms with Gasteiger partial charge in [0.2, 0.25) is 0 Å². The lowest BCUT2D eigenvalue weighted by Gasteiger charge is -2.06. The van der Waals surface area contributed by atoms with Gasteiger partial charge < -0.3 is 4.74 Å². The van der Waals surface area contributed by atoms with Crippen LogP contribution in [0.2, 0.25) is 0 Å². The summed E-state index contributed by atoms with van der Waals surface area (Å²) in [5.74, 6) is -0.822. The minimum absolute atomic E-state index is 0.0481. The molecule has 0 unspecified atom stereocenters. The maximum atomic E-state index is 13.1. The number of carbonyl (C=O) groups excluding carboxylic acids is 1. The molecule has 0 aliphatic heterocycles. The van der Waals surface area contributed by atoms with Crippen molar-refractivity contribution >= 4 is 6.29 Å². The number of benzene rings is 1. The van der Waals surface area contributed by atoms with E-state index in [2.05, 4.69) is 4.98 Å². The van der Waals surface area contributed by atoms with Gasteiger partial charge in [0, 0.05) is 23.4 Å². The van der Waals surface area contributed by atoms with Crippen LogP contribution in [0.1, 0.15) is 15.9 Å². The van der Waals surface area contributed by atoms with E-state index in [9.17, 15) is 13.6 Å². The van der Waals surface area contributed by atoms with Gasteiger partial charge >= 0.3 is 0 Å². The van der Waals surface area contributed by atoms with Gasteiger partial charge in [0.05, 0.1) is 6.20 Å². The molecule has 0 saturated carbocycles. The summed E-state index contributed by atoms with van der Waals surface area (Å²) < 4.78 is 31.2. The maximum Gasteiger partial charge on any atom is 0.150 e. The van der Waals surface area contributed by atoms with Crippen molar-refractivity contribution in [3.8, 4) is 5.75 Å². The first-order valence-corrected chi connectivity index (χ1v) is 5.15. The molecule has 2 rings (SSSR count). The smallest absolute Gasteiger partial charge is 0.150 e. The van der Waals surface area contributed by atoms with Gasteiger partial charge in [-0.2, -0.15) is 0 Å². The third-order valence-electron chi connectivity index (χ3n) is 2.20. The van der Waals surface area contributed by atoms with Crippen LogP contribution in [0.4, 0.5) is 8.78 Å². The van der Waals surface area contributed by atoms with Gasteiger partial charge in [-0.1, -0.05) is 0 Å². The normalized spacial score (nSPS) is 10.1. The van der Waals surface area contributed by atoms with Gasteiger partial charge in [-0.15, -0.1) is 0 Å². The number of ether oxygens (including phenoxy) is 1. The standard InChI is InChI=1S/C13H9F2NO2/c14-11-1-9(7-17)3-13(4-11)18-8-10-2-12(15)6-16-5-10/h1-7H,8H2. The molecule has 0 aliphatic rings. The molecule has 0 spiro atoms. The minimum atomic E-state index is -0.563. The Kier molecular flexibility index (Phi) is 3.62. The number of aldehydes is 1. The fourth-order valence-electron chi connectivity index (χ4n) is 1.44. The Morgan fingerprint density at radius 1 is 1.11 bits per heavy atom. The summed E-state index contributed by atoms with van der Waals surface area (Å²) >= 11 is 0. The van der Waals surface area contributed by atoms with E-state index in [0.29, 0.717) is 11.8 Å². The number of rotatable bonds is 4. The Hall–Kier alpha value is -2.30. The van der Waals surface area contributed by atoms with Crippen molar-refractivity contribution in [1.29, 1.82) is 0 Å². The summed E-state index contributed by atoms with van der Waals surface area (Å²) in [5, 5.41) is 0. The maximum absolute atomic E-state index is 13.1. The molecule has 0 radical (unpaired) electrons. The first-order chi connectivity index (χ1) is 8.67. The predicted octanol–water partition coefficient (Wildman–Crippen LogP) is 2.75. The highest BCUT2D eigenvalue weighted by Gasteiger charge is 2.02. The van der Waals surface area contributed by atoms with Crippen LogP contribution in [-0.2, 0) is 6.61 Å². The molecule has 1 aromatic carbocycles. The molecule has 0 bridgehead atoms. The summed E-state index contributed by atoms with van der Waals surface area (Å²) in [6, 6.07) is 4.93. The average molecular weight is 249 g/mol. The van der Waals surface area contributed by atoms with Crippen LogP contribution in [0.5, 0.6) is 5.75 Å². The lowest BCUT2D eigenvalue weighted by molar-refractivity contribution is 0.112. The molecule has 0 fully saturated rings. The van der Waals surface area contributed by atoms with E-state index >= 15 is 0 Å². The Labute approximate surface area is 102 Å². The Morgan fingerprint density at radius 3 is 2.67 bits per heavy atom. The number of aromatic nitrogens is 1. The van der Waals surface area contributed by atoms with E-state index in [1.807, 2.05) is 0 Å². The van der Waals surface area contributed by atoms with Crippen LogP contribution < -0.4 is 4.74 Å². The number of carbonyl (C=O) groups is 1. The highest BCUT2D eigenvalue weighted by Crippen LogP contribution is 2.17. The number of halogens is 2. The number of hydrogen-bond donors (Lipinski definition) is 0. The molecule has 0 atom stereocenters. The van der Waals surface area contributed by atoms with E-state index in [0.717, 1.165) is 18.3 Å². The van der Waals surface area contributed by atoms with Crippen molar-refractivity contribution < 1.29 is 18.3 Å². The van der Waals surface area contributed by atoms with Gasteiger partial charge in [-0.3, -0.25) is 9.78 Å². The molecule has 0 amide bonds. The molecule has 0 aliphatic carbocycles. The van der Waals surface area contributed by atoms with E-state index in [1.165, 1.54) is 18.3 Å². The molecule has 1 heterocycles. The molecule has 0 N–H and O–H groups in total. The first-order valence-electron chi connectivity index (χ1n) is 5.15. The zero-order valence-electron chi connectivity index (χ0n) is 9.27. The van der Waals surface area contributed by atoms with Crippen molar-refractivity contribution in [3.05, 3.63) is 59.4 Å². The van der Waals surface area contributed by atoms with E-state index in [-0.39, 0.29) is 17.9 Å². The zero-order chi connectivity index (χ0) is 13.0. The SMILES string of the molecule is O=Cc1cc(F)cc(OCc2cncc(F)c2)c1. The van der Waals surface area contributed by atoms with E-state index < -0.39 is 11.6 Å². The van der Waals surface area contributed by atoms with Crippen LogP contribution in [0.15, 0.2) is 36.7 Å². The van der Waals surface area contributed by atoms with Crippen LogP contribution in [0.25, 0.3) is 0 Å². The largest absolute Gasteiger partial charge is 0.489 e. The number of hydrogen-bond acceptors (Lipinski definition) is 3. The molecular formula is C13H9F2NO2. The Balaban J connectivity index is 2.10. The highest BCUT2D eigenvalue weighted by molar-refractivity contribution is 5.75. The van der Waals surface area contributed by atoms with Gasteiger partial charge in [-0.25, -0.2) is 8.78 Å². The lowest BCUT2D eigenvalue weighted by atomic mass is 10.2. The predicted molar refractivity (Wildman–Crippen MR) is 60.3 cm³/mol. The summed E-state index contributed by atoms with van der Waals surface area (Å²) in [7, 11) is 0. The molecule has 2 aromatic rings. The summed E-state index contributed by atoms with van der Waals surface area (Å²) in [6.45, 7) is 0.0481. The molecular weight excluding hydrogens is 240 g/mol. The quantitative estimate of drug-likeness (QED) is 0.782. The Bertz CT molecular complexity index is 573. The average Bonchev–Trinajstić information content (AvgIpc) is 2.36.